The van der Waals surface area contributed by atoms with Crippen LogP contribution in [0.4, 0.5) is 8.78 Å². The predicted octanol–water partition coefficient (Wildman–Crippen LogP) is 2.89. The molecule has 5 heteroatoms. The Balaban J connectivity index is 3.87. The summed E-state index contributed by atoms with van der Waals surface area (Å²) in [4.78, 5) is 21.4. The summed E-state index contributed by atoms with van der Waals surface area (Å²) in [6.07, 6.45) is 1.64. The zero-order valence-electron chi connectivity index (χ0n) is 10.2. The number of esters is 1. The molecule has 0 fully saturated rings. The Morgan fingerprint density at radius 3 is 2.47 bits per heavy atom. The third kappa shape index (κ3) is 9.66. The number of carbonyl (C=O) groups is 2. The van der Waals surface area contributed by atoms with Gasteiger partial charge >= 0.3 is 5.97 Å². The first-order valence-corrected chi connectivity index (χ1v) is 5.58. The Labute approximate surface area is 99.8 Å². The molecule has 0 bridgehead atoms. The van der Waals surface area contributed by atoms with Gasteiger partial charge in [-0.25, -0.2) is 8.78 Å². The van der Waals surface area contributed by atoms with Crippen LogP contribution in [0, 0.1) is 0 Å². The van der Waals surface area contributed by atoms with Gasteiger partial charge in [0.2, 0.25) is 5.92 Å². The van der Waals surface area contributed by atoms with E-state index in [4.69, 9.17) is 0 Å². The SMILES string of the molecule is CCOC(=O)CCC(F)(F)CC/C=C/C(C)=O. The minimum atomic E-state index is -2.89. The van der Waals surface area contributed by atoms with E-state index in [1.807, 2.05) is 0 Å². The van der Waals surface area contributed by atoms with Crippen molar-refractivity contribution in [3.8, 4) is 0 Å². The van der Waals surface area contributed by atoms with Crippen LogP contribution in [0.25, 0.3) is 0 Å². The first-order valence-electron chi connectivity index (χ1n) is 5.58. The maximum atomic E-state index is 13.2. The highest BCUT2D eigenvalue weighted by atomic mass is 19.3. The Morgan fingerprint density at radius 1 is 1.29 bits per heavy atom. The molecule has 0 aromatic heterocycles. The van der Waals surface area contributed by atoms with Crippen molar-refractivity contribution in [3.63, 3.8) is 0 Å². The van der Waals surface area contributed by atoms with Crippen molar-refractivity contribution >= 4 is 11.8 Å². The van der Waals surface area contributed by atoms with E-state index < -0.39 is 18.3 Å². The number of hydrogen-bond acceptors (Lipinski definition) is 3. The molecule has 0 rings (SSSR count). The number of allylic oxidation sites excluding steroid dienone is 2. The lowest BCUT2D eigenvalue weighted by atomic mass is 10.1. The topological polar surface area (TPSA) is 43.4 Å². The number of carbonyl (C=O) groups excluding carboxylic acids is 2. The molecule has 0 N–H and O–H groups in total. The van der Waals surface area contributed by atoms with E-state index in [2.05, 4.69) is 4.74 Å². The average molecular weight is 248 g/mol. The maximum absolute atomic E-state index is 13.2. The molecule has 0 unspecified atom stereocenters. The fraction of sp³-hybridized carbons (Fsp3) is 0.667. The number of halogens is 2. The molecule has 0 aliphatic heterocycles. The molecular formula is C12H18F2O3. The van der Waals surface area contributed by atoms with Crippen LogP contribution in [-0.4, -0.2) is 24.3 Å². The van der Waals surface area contributed by atoms with Crippen LogP contribution >= 0.6 is 0 Å². The quantitative estimate of drug-likeness (QED) is 0.490. The molecule has 98 valence electrons. The van der Waals surface area contributed by atoms with Gasteiger partial charge in [-0.2, -0.15) is 0 Å². The van der Waals surface area contributed by atoms with E-state index in [-0.39, 0.29) is 31.7 Å². The Hall–Kier alpha value is -1.26. The summed E-state index contributed by atoms with van der Waals surface area (Å²) >= 11 is 0. The molecule has 0 aliphatic rings. The van der Waals surface area contributed by atoms with Crippen LogP contribution in [0.2, 0.25) is 0 Å². The van der Waals surface area contributed by atoms with Crippen LogP contribution in [0.5, 0.6) is 0 Å². The Bertz CT molecular complexity index is 285. The zero-order valence-corrected chi connectivity index (χ0v) is 10.2. The molecule has 0 radical (unpaired) electrons. The van der Waals surface area contributed by atoms with Crippen molar-refractivity contribution in [2.75, 3.05) is 6.61 Å². The summed E-state index contributed by atoms with van der Waals surface area (Å²) in [6.45, 7) is 3.18. The van der Waals surface area contributed by atoms with E-state index in [1.165, 1.54) is 19.1 Å². The fourth-order valence-electron chi connectivity index (χ4n) is 1.19. The average Bonchev–Trinajstić information content (AvgIpc) is 2.22. The van der Waals surface area contributed by atoms with E-state index in [9.17, 15) is 18.4 Å². The summed E-state index contributed by atoms with van der Waals surface area (Å²) in [5.41, 5.74) is 0. The molecule has 0 aromatic carbocycles. The molecule has 0 saturated carbocycles. The van der Waals surface area contributed by atoms with E-state index >= 15 is 0 Å². The highest BCUT2D eigenvalue weighted by molar-refractivity contribution is 5.87. The monoisotopic (exact) mass is 248 g/mol. The van der Waals surface area contributed by atoms with Gasteiger partial charge in [-0.15, -0.1) is 0 Å². The molecule has 0 aromatic rings. The second kappa shape index (κ2) is 7.92. The standard InChI is InChI=1S/C12H18F2O3/c1-3-17-11(16)7-9-12(13,14)8-5-4-6-10(2)15/h4,6H,3,5,7-9H2,1-2H3/b6-4+. The third-order valence-corrected chi connectivity index (χ3v) is 2.03. The highest BCUT2D eigenvalue weighted by Gasteiger charge is 2.28. The molecular weight excluding hydrogens is 230 g/mol. The fourth-order valence-corrected chi connectivity index (χ4v) is 1.19. The second-order valence-electron chi connectivity index (χ2n) is 3.71. The van der Waals surface area contributed by atoms with Gasteiger partial charge in [0, 0.05) is 12.8 Å². The van der Waals surface area contributed by atoms with Gasteiger partial charge < -0.3 is 4.74 Å². The Morgan fingerprint density at radius 2 is 1.94 bits per heavy atom. The lowest BCUT2D eigenvalue weighted by molar-refractivity contribution is -0.145. The smallest absolute Gasteiger partial charge is 0.305 e. The van der Waals surface area contributed by atoms with Crippen LogP contribution in [0.3, 0.4) is 0 Å². The molecule has 0 spiro atoms. The van der Waals surface area contributed by atoms with Crippen molar-refractivity contribution in [3.05, 3.63) is 12.2 Å². The second-order valence-corrected chi connectivity index (χ2v) is 3.71. The maximum Gasteiger partial charge on any atom is 0.305 e. The van der Waals surface area contributed by atoms with E-state index in [0.29, 0.717) is 0 Å². The van der Waals surface area contributed by atoms with Gasteiger partial charge in [0.25, 0.3) is 0 Å². The molecule has 0 amide bonds. The summed E-state index contributed by atoms with van der Waals surface area (Å²) in [5, 5.41) is 0. The molecule has 0 atom stereocenters. The van der Waals surface area contributed by atoms with Gasteiger partial charge in [0.15, 0.2) is 5.78 Å². The van der Waals surface area contributed by atoms with Crippen LogP contribution < -0.4 is 0 Å². The number of rotatable bonds is 8. The largest absolute Gasteiger partial charge is 0.466 e. The van der Waals surface area contributed by atoms with Gasteiger partial charge in [-0.1, -0.05) is 6.08 Å². The third-order valence-electron chi connectivity index (χ3n) is 2.03. The van der Waals surface area contributed by atoms with Gasteiger partial charge in [0.05, 0.1) is 13.0 Å². The van der Waals surface area contributed by atoms with Gasteiger partial charge in [-0.05, 0) is 26.3 Å². The minimum Gasteiger partial charge on any atom is -0.466 e. The molecule has 0 heterocycles. The molecule has 0 saturated heterocycles. The number of hydrogen-bond donors (Lipinski definition) is 0. The summed E-state index contributed by atoms with van der Waals surface area (Å²) in [6, 6.07) is 0. The number of alkyl halides is 2. The van der Waals surface area contributed by atoms with Crippen molar-refractivity contribution in [1.29, 1.82) is 0 Å². The summed E-state index contributed by atoms with van der Waals surface area (Å²) < 4.78 is 31.0. The number of ether oxygens (including phenoxy) is 1. The molecule has 17 heavy (non-hydrogen) atoms. The summed E-state index contributed by atoms with van der Waals surface area (Å²) in [7, 11) is 0. The van der Waals surface area contributed by atoms with Gasteiger partial charge in [-0.3, -0.25) is 9.59 Å². The van der Waals surface area contributed by atoms with Crippen molar-refractivity contribution in [1.82, 2.24) is 0 Å². The van der Waals surface area contributed by atoms with Crippen molar-refractivity contribution in [2.24, 2.45) is 0 Å². The zero-order chi connectivity index (χ0) is 13.3. The predicted molar refractivity (Wildman–Crippen MR) is 59.9 cm³/mol. The lowest BCUT2D eigenvalue weighted by Crippen LogP contribution is -2.18. The lowest BCUT2D eigenvalue weighted by Gasteiger charge is -2.14. The van der Waals surface area contributed by atoms with Crippen molar-refractivity contribution < 1.29 is 23.1 Å². The normalized spacial score (nSPS) is 11.8. The first-order chi connectivity index (χ1) is 7.87. The number of ketones is 1. The van der Waals surface area contributed by atoms with E-state index in [1.54, 1.807) is 6.92 Å². The van der Waals surface area contributed by atoms with Crippen molar-refractivity contribution in [2.45, 2.75) is 45.5 Å². The first kappa shape index (κ1) is 15.7. The minimum absolute atomic E-state index is 0.120. The molecule has 0 aliphatic carbocycles. The Kier molecular flexibility index (Phi) is 7.34. The van der Waals surface area contributed by atoms with Gasteiger partial charge in [0.1, 0.15) is 0 Å². The molecule has 3 nitrogen and oxygen atoms in total. The van der Waals surface area contributed by atoms with Crippen LogP contribution in [0.1, 0.15) is 39.5 Å². The van der Waals surface area contributed by atoms with Crippen LogP contribution in [-0.2, 0) is 14.3 Å². The summed E-state index contributed by atoms with van der Waals surface area (Å²) in [5.74, 6) is -3.67. The highest BCUT2D eigenvalue weighted by Crippen LogP contribution is 2.26. The van der Waals surface area contributed by atoms with E-state index in [0.717, 1.165) is 0 Å². The van der Waals surface area contributed by atoms with Crippen LogP contribution in [0.15, 0.2) is 12.2 Å².